The summed E-state index contributed by atoms with van der Waals surface area (Å²) in [4.78, 5) is 2.17. The van der Waals surface area contributed by atoms with Gasteiger partial charge in [-0.25, -0.2) is 0 Å². The molecule has 3 aromatic heterocycles. The molecular weight excluding hydrogens is 765 g/mol. The first-order valence-electron chi connectivity index (χ1n) is 23.1. The normalized spacial score (nSPS) is 15.9. The fourth-order valence-electron chi connectivity index (χ4n) is 8.98. The summed E-state index contributed by atoms with van der Waals surface area (Å²) in [5.41, 5.74) is 4.06. The van der Waals surface area contributed by atoms with Crippen LogP contribution >= 0.6 is 34.4 Å². The lowest BCUT2D eigenvalue weighted by atomic mass is 9.79. The standard InChI is InChI=1S/C48H72N2O4S3/c1-5-9-13-17-21-27-47(28-22-18-14-10-6-2)33-51-39-31-55-45(43(39)53-35-47)37-25-26-38(42-41(37)49-57-50-42)46-44-40(32-56-46)52-34-48(36-54-44,29-23-19-15-11-7-3)30-24-20-16-12-8-4/h25-26,31-32H,5-24,27-30,33-36H2,1-4H3. The van der Waals surface area contributed by atoms with Crippen LogP contribution in [0.15, 0.2) is 22.9 Å². The van der Waals surface area contributed by atoms with E-state index in [2.05, 4.69) is 50.6 Å². The monoisotopic (exact) mass is 836 g/mol. The Bertz CT molecular complexity index is 1610. The highest BCUT2D eigenvalue weighted by Gasteiger charge is 2.38. The predicted molar refractivity (Wildman–Crippen MR) is 244 cm³/mol. The molecule has 1 aromatic carbocycles. The van der Waals surface area contributed by atoms with Crippen molar-refractivity contribution in [3.05, 3.63) is 22.9 Å². The zero-order valence-corrected chi connectivity index (χ0v) is 38.3. The van der Waals surface area contributed by atoms with Gasteiger partial charge in [0.05, 0.1) is 47.9 Å². The van der Waals surface area contributed by atoms with Gasteiger partial charge in [-0.15, -0.1) is 22.7 Å². The summed E-state index contributed by atoms with van der Waals surface area (Å²) in [5.74, 6) is 3.51. The van der Waals surface area contributed by atoms with Crippen molar-refractivity contribution < 1.29 is 18.9 Å². The van der Waals surface area contributed by atoms with Gasteiger partial charge in [0.25, 0.3) is 0 Å². The average Bonchev–Trinajstić information content (AvgIpc) is 3.93. The molecule has 57 heavy (non-hydrogen) atoms. The van der Waals surface area contributed by atoms with Gasteiger partial charge < -0.3 is 18.9 Å². The molecule has 4 aromatic rings. The molecule has 0 fully saturated rings. The number of fused-ring (bicyclic) bond motifs is 3. The van der Waals surface area contributed by atoms with E-state index in [0.29, 0.717) is 13.2 Å². The number of nitrogens with zero attached hydrogens (tertiary/aromatic N) is 2. The van der Waals surface area contributed by atoms with E-state index < -0.39 is 0 Å². The smallest absolute Gasteiger partial charge is 0.179 e. The van der Waals surface area contributed by atoms with Crippen LogP contribution < -0.4 is 18.9 Å². The molecule has 0 bridgehead atoms. The Morgan fingerprint density at radius 1 is 0.456 bits per heavy atom. The van der Waals surface area contributed by atoms with Crippen LogP contribution in [0.5, 0.6) is 23.0 Å². The predicted octanol–water partition coefficient (Wildman–Crippen LogP) is 16.1. The zero-order chi connectivity index (χ0) is 39.8. The zero-order valence-electron chi connectivity index (χ0n) is 35.9. The van der Waals surface area contributed by atoms with Crippen molar-refractivity contribution in [1.29, 1.82) is 0 Å². The second-order valence-corrected chi connectivity index (χ2v) is 19.7. The van der Waals surface area contributed by atoms with E-state index in [0.717, 1.165) is 68.1 Å². The summed E-state index contributed by atoms with van der Waals surface area (Å²) in [6.45, 7) is 12.0. The van der Waals surface area contributed by atoms with Crippen LogP contribution in [0, 0.1) is 10.8 Å². The third kappa shape index (κ3) is 11.7. The fraction of sp³-hybridized carbons (Fsp3) is 0.708. The summed E-state index contributed by atoms with van der Waals surface area (Å²) in [6, 6.07) is 4.43. The lowest BCUT2D eigenvalue weighted by Crippen LogP contribution is -2.33. The first-order valence-corrected chi connectivity index (χ1v) is 25.5. The van der Waals surface area contributed by atoms with Crippen LogP contribution in [0.25, 0.3) is 31.9 Å². The van der Waals surface area contributed by atoms with Crippen LogP contribution in [-0.4, -0.2) is 35.2 Å². The molecule has 2 aliphatic rings. The maximum absolute atomic E-state index is 6.88. The van der Waals surface area contributed by atoms with Gasteiger partial charge in [-0.1, -0.05) is 168 Å². The van der Waals surface area contributed by atoms with Crippen molar-refractivity contribution in [2.45, 2.75) is 182 Å². The van der Waals surface area contributed by atoms with E-state index in [-0.39, 0.29) is 10.8 Å². The Labute approximate surface area is 357 Å². The van der Waals surface area contributed by atoms with E-state index in [1.807, 2.05) is 0 Å². The van der Waals surface area contributed by atoms with Gasteiger partial charge in [0, 0.05) is 32.7 Å². The number of aromatic nitrogens is 2. The third-order valence-electron chi connectivity index (χ3n) is 12.7. The van der Waals surface area contributed by atoms with Gasteiger partial charge in [0.1, 0.15) is 11.0 Å². The van der Waals surface area contributed by atoms with Crippen LogP contribution in [0.1, 0.15) is 182 Å². The minimum atomic E-state index is 0.0501. The van der Waals surface area contributed by atoms with Gasteiger partial charge in [-0.05, 0) is 25.7 Å². The molecule has 0 spiro atoms. The summed E-state index contributed by atoms with van der Waals surface area (Å²) < 4.78 is 37.0. The van der Waals surface area contributed by atoms with Crippen LogP contribution in [0.2, 0.25) is 0 Å². The number of unbranched alkanes of at least 4 members (excludes halogenated alkanes) is 16. The lowest BCUT2D eigenvalue weighted by molar-refractivity contribution is 0.0783. The minimum absolute atomic E-state index is 0.0501. The molecule has 0 N–H and O–H groups in total. The van der Waals surface area contributed by atoms with Crippen molar-refractivity contribution >= 4 is 45.4 Å². The number of benzene rings is 1. The molecule has 6 nitrogen and oxygen atoms in total. The topological polar surface area (TPSA) is 62.7 Å². The van der Waals surface area contributed by atoms with Gasteiger partial charge in [-0.2, -0.15) is 8.75 Å². The van der Waals surface area contributed by atoms with Crippen LogP contribution in [0.4, 0.5) is 0 Å². The van der Waals surface area contributed by atoms with E-state index in [1.54, 1.807) is 22.7 Å². The van der Waals surface area contributed by atoms with Gasteiger partial charge in [-0.3, -0.25) is 0 Å². The summed E-state index contributed by atoms with van der Waals surface area (Å²) in [7, 11) is 0. The number of thiophene rings is 2. The van der Waals surface area contributed by atoms with E-state index in [4.69, 9.17) is 27.7 Å². The van der Waals surface area contributed by atoms with Crippen LogP contribution in [0.3, 0.4) is 0 Å². The fourth-order valence-corrected chi connectivity index (χ4v) is 11.5. The molecule has 5 heterocycles. The lowest BCUT2D eigenvalue weighted by Gasteiger charge is -2.31. The first-order chi connectivity index (χ1) is 28.1. The van der Waals surface area contributed by atoms with E-state index in [9.17, 15) is 0 Å². The van der Waals surface area contributed by atoms with E-state index in [1.165, 1.54) is 166 Å². The molecule has 6 rings (SSSR count). The molecule has 0 saturated heterocycles. The van der Waals surface area contributed by atoms with E-state index >= 15 is 0 Å². The van der Waals surface area contributed by atoms with Crippen molar-refractivity contribution in [1.82, 2.24) is 8.75 Å². The molecular formula is C48H72N2O4S3. The average molecular weight is 837 g/mol. The molecule has 0 radical (unpaired) electrons. The SMILES string of the molecule is CCCCCCCC1(CCCCCCC)COc2csc(-c3ccc(-c4scc5c4OCC(CCCCCCC)(CCCCCCC)CO5)c4nsnc34)c2OC1. The molecule has 9 heteroatoms. The molecule has 2 aliphatic heterocycles. The minimum Gasteiger partial charge on any atom is -0.488 e. The second kappa shape index (κ2) is 22.9. The Kier molecular flexibility index (Phi) is 17.7. The first kappa shape index (κ1) is 44.2. The molecule has 0 aliphatic carbocycles. The van der Waals surface area contributed by atoms with Gasteiger partial charge >= 0.3 is 0 Å². The number of rotatable bonds is 26. The Hall–Kier alpha value is -2.36. The molecule has 0 atom stereocenters. The largest absolute Gasteiger partial charge is 0.488 e. The highest BCUT2D eigenvalue weighted by Crippen LogP contribution is 2.53. The maximum Gasteiger partial charge on any atom is 0.179 e. The van der Waals surface area contributed by atoms with Crippen LogP contribution in [-0.2, 0) is 0 Å². The Morgan fingerprint density at radius 2 is 0.789 bits per heavy atom. The molecule has 0 saturated carbocycles. The summed E-state index contributed by atoms with van der Waals surface area (Å²) >= 11 is 4.67. The Morgan fingerprint density at radius 3 is 1.14 bits per heavy atom. The maximum atomic E-state index is 6.88. The van der Waals surface area contributed by atoms with Crippen molar-refractivity contribution in [3.63, 3.8) is 0 Å². The molecule has 0 unspecified atom stereocenters. The summed E-state index contributed by atoms with van der Waals surface area (Å²) in [6.07, 6.45) is 30.5. The molecule has 316 valence electrons. The third-order valence-corrected chi connectivity index (χ3v) is 15.2. The number of hydrogen-bond donors (Lipinski definition) is 0. The van der Waals surface area contributed by atoms with Crippen molar-refractivity contribution in [2.24, 2.45) is 10.8 Å². The Balaban J connectivity index is 1.19. The number of hydrogen-bond acceptors (Lipinski definition) is 9. The molecule has 0 amide bonds. The quantitative estimate of drug-likeness (QED) is 0.0587. The van der Waals surface area contributed by atoms with Crippen molar-refractivity contribution in [3.8, 4) is 43.9 Å². The highest BCUT2D eigenvalue weighted by atomic mass is 32.1. The number of ether oxygens (including phenoxy) is 4. The summed E-state index contributed by atoms with van der Waals surface area (Å²) in [5, 5.41) is 4.29. The van der Waals surface area contributed by atoms with Gasteiger partial charge in [0.15, 0.2) is 23.0 Å². The van der Waals surface area contributed by atoms with Crippen molar-refractivity contribution in [2.75, 3.05) is 26.4 Å². The second-order valence-electron chi connectivity index (χ2n) is 17.5. The van der Waals surface area contributed by atoms with Gasteiger partial charge in [0.2, 0.25) is 0 Å². The highest BCUT2D eigenvalue weighted by molar-refractivity contribution is 7.15.